The van der Waals surface area contributed by atoms with E-state index in [1.807, 2.05) is 70.3 Å². The smallest absolute Gasteiger partial charge is 0.221 e. The Kier molecular flexibility index (Phi) is 7.06. The fourth-order valence-electron chi connectivity index (χ4n) is 4.60. The zero-order valence-electron chi connectivity index (χ0n) is 20.0. The maximum atomic E-state index is 11.9. The quantitative estimate of drug-likeness (QED) is 0.273. The van der Waals surface area contributed by atoms with Crippen LogP contribution in [0.25, 0.3) is 5.69 Å². The number of pyridine rings is 1. The van der Waals surface area contributed by atoms with Crippen LogP contribution in [0.1, 0.15) is 30.4 Å². The van der Waals surface area contributed by atoms with Gasteiger partial charge in [0.25, 0.3) is 0 Å². The first-order valence-electron chi connectivity index (χ1n) is 11.5. The number of hydrogen-bond donors (Lipinski definition) is 2. The van der Waals surface area contributed by atoms with Gasteiger partial charge in [-0.1, -0.05) is 29.3 Å². The number of methoxy groups -OCH3 is 1. The summed E-state index contributed by atoms with van der Waals surface area (Å²) in [5.74, 6) is 0.345. The van der Waals surface area contributed by atoms with Gasteiger partial charge in [0.05, 0.1) is 35.2 Å². The summed E-state index contributed by atoms with van der Waals surface area (Å²) >= 11 is 18.6. The molecule has 10 heteroatoms. The van der Waals surface area contributed by atoms with E-state index in [-0.39, 0.29) is 18.0 Å². The third-order valence-corrected chi connectivity index (χ3v) is 6.97. The molecule has 2 N–H and O–H groups in total. The van der Waals surface area contributed by atoms with Crippen molar-refractivity contribution in [1.29, 1.82) is 0 Å². The highest BCUT2D eigenvalue weighted by atomic mass is 35.5. The van der Waals surface area contributed by atoms with Crippen LogP contribution in [0.15, 0.2) is 79.1 Å². The number of halogens is 2. The molecule has 0 radical (unpaired) electrons. The molecule has 5 rings (SSSR count). The van der Waals surface area contributed by atoms with Crippen molar-refractivity contribution < 1.29 is 9.53 Å². The van der Waals surface area contributed by atoms with Gasteiger partial charge in [-0.05, 0) is 72.9 Å². The number of aromatic nitrogens is 2. The molecule has 7 nitrogen and oxygen atoms in total. The van der Waals surface area contributed by atoms with Crippen molar-refractivity contribution in [1.82, 2.24) is 14.9 Å². The van der Waals surface area contributed by atoms with Gasteiger partial charge in [0.1, 0.15) is 11.8 Å². The molecule has 0 aliphatic carbocycles. The number of carbonyl (C=O) groups excluding carboxylic acids is 1. The number of ether oxygens (including phenoxy) is 1. The van der Waals surface area contributed by atoms with Crippen LogP contribution in [0.2, 0.25) is 10.0 Å². The molecular formula is C27H23Cl2N5O2S. The standard InChI is InChI=1S/C27H23Cl2N5O2S/c1-16(35)31-21-15-18(9-11-24(21)36-2)34-26(25(32-27(34)37)20-6-3-4-12-30-20)23-7-5-13-33(23)22-10-8-17(28)14-19(22)29/h3-15,25-26H,1-2H3,(H,31,35)(H,32,37)/t25-,26+/m0/s1. The number of carbonyl (C=O) groups is 1. The molecule has 0 spiro atoms. The topological polar surface area (TPSA) is 71.4 Å². The van der Waals surface area contributed by atoms with Gasteiger partial charge < -0.3 is 24.8 Å². The third kappa shape index (κ3) is 4.87. The highest BCUT2D eigenvalue weighted by molar-refractivity contribution is 7.80. The van der Waals surface area contributed by atoms with Gasteiger partial charge in [0, 0.05) is 35.7 Å². The van der Waals surface area contributed by atoms with Gasteiger partial charge in [-0.15, -0.1) is 0 Å². The summed E-state index contributed by atoms with van der Waals surface area (Å²) in [5, 5.41) is 7.91. The van der Waals surface area contributed by atoms with Crippen molar-refractivity contribution in [3.63, 3.8) is 0 Å². The van der Waals surface area contributed by atoms with Crippen LogP contribution in [0.4, 0.5) is 11.4 Å². The molecule has 2 aromatic heterocycles. The predicted molar refractivity (Wildman–Crippen MR) is 151 cm³/mol. The molecule has 3 heterocycles. The van der Waals surface area contributed by atoms with Gasteiger partial charge in [-0.3, -0.25) is 9.78 Å². The third-order valence-electron chi connectivity index (χ3n) is 6.12. The predicted octanol–water partition coefficient (Wildman–Crippen LogP) is 6.32. The number of thiocarbonyl (C=S) groups is 1. The first kappa shape index (κ1) is 25.1. The molecule has 37 heavy (non-hydrogen) atoms. The fraction of sp³-hybridized carbons (Fsp3) is 0.148. The van der Waals surface area contributed by atoms with Gasteiger partial charge in [0.2, 0.25) is 5.91 Å². The zero-order chi connectivity index (χ0) is 26.1. The fourth-order valence-corrected chi connectivity index (χ4v) is 5.44. The molecule has 188 valence electrons. The normalized spacial score (nSPS) is 17.0. The Morgan fingerprint density at radius 3 is 2.65 bits per heavy atom. The van der Waals surface area contributed by atoms with E-state index >= 15 is 0 Å². The first-order chi connectivity index (χ1) is 17.9. The summed E-state index contributed by atoms with van der Waals surface area (Å²) in [6, 6.07) is 20.2. The lowest BCUT2D eigenvalue weighted by atomic mass is 10.0. The minimum absolute atomic E-state index is 0.202. The number of rotatable bonds is 6. The number of benzene rings is 2. The van der Waals surface area contributed by atoms with E-state index < -0.39 is 0 Å². The van der Waals surface area contributed by atoms with E-state index in [9.17, 15) is 4.79 Å². The molecule has 1 aliphatic heterocycles. The second kappa shape index (κ2) is 10.4. The molecule has 0 bridgehead atoms. The number of hydrogen-bond acceptors (Lipinski definition) is 4. The van der Waals surface area contributed by atoms with Crippen molar-refractivity contribution in [2.45, 2.75) is 19.0 Å². The van der Waals surface area contributed by atoms with Crippen LogP contribution >= 0.6 is 35.4 Å². The van der Waals surface area contributed by atoms with Crippen LogP contribution < -0.4 is 20.3 Å². The Labute approximate surface area is 230 Å². The van der Waals surface area contributed by atoms with Crippen molar-refractivity contribution in [2.75, 3.05) is 17.3 Å². The molecule has 2 aromatic carbocycles. The molecule has 1 amide bonds. The Morgan fingerprint density at radius 2 is 1.95 bits per heavy atom. The van der Waals surface area contributed by atoms with Crippen LogP contribution in [-0.2, 0) is 4.79 Å². The van der Waals surface area contributed by atoms with Crippen molar-refractivity contribution in [3.05, 3.63) is 101 Å². The highest BCUT2D eigenvalue weighted by Crippen LogP contribution is 2.44. The van der Waals surface area contributed by atoms with Crippen LogP contribution in [-0.4, -0.2) is 27.7 Å². The van der Waals surface area contributed by atoms with Crippen LogP contribution in [0, 0.1) is 0 Å². The van der Waals surface area contributed by atoms with E-state index in [0.717, 1.165) is 22.8 Å². The minimum Gasteiger partial charge on any atom is -0.495 e. The average Bonchev–Trinajstić information content (AvgIpc) is 3.48. The van der Waals surface area contributed by atoms with Crippen LogP contribution in [0.5, 0.6) is 5.75 Å². The van der Waals surface area contributed by atoms with E-state index in [1.54, 1.807) is 25.4 Å². The van der Waals surface area contributed by atoms with E-state index in [0.29, 0.717) is 26.6 Å². The summed E-state index contributed by atoms with van der Waals surface area (Å²) in [6.45, 7) is 1.46. The summed E-state index contributed by atoms with van der Waals surface area (Å²) in [5.41, 5.74) is 3.89. The second-order valence-corrected chi connectivity index (χ2v) is 9.69. The van der Waals surface area contributed by atoms with Crippen LogP contribution in [0.3, 0.4) is 0 Å². The number of amides is 1. The lowest BCUT2D eigenvalue weighted by Gasteiger charge is -2.29. The summed E-state index contributed by atoms with van der Waals surface area (Å²) < 4.78 is 7.49. The molecule has 1 saturated heterocycles. The number of nitrogens with one attached hydrogen (secondary N) is 2. The highest BCUT2D eigenvalue weighted by Gasteiger charge is 2.42. The van der Waals surface area contributed by atoms with E-state index in [4.69, 9.17) is 40.2 Å². The minimum atomic E-state index is -0.303. The Balaban J connectivity index is 1.67. The molecule has 1 aliphatic rings. The molecule has 2 atom stereocenters. The number of anilines is 2. The lowest BCUT2D eigenvalue weighted by molar-refractivity contribution is -0.114. The Hall–Kier alpha value is -3.59. The Morgan fingerprint density at radius 1 is 1.11 bits per heavy atom. The summed E-state index contributed by atoms with van der Waals surface area (Å²) in [6.07, 6.45) is 3.72. The van der Waals surface area contributed by atoms with E-state index in [2.05, 4.69) is 15.6 Å². The largest absolute Gasteiger partial charge is 0.495 e. The maximum Gasteiger partial charge on any atom is 0.221 e. The molecule has 0 saturated carbocycles. The lowest BCUT2D eigenvalue weighted by Crippen LogP contribution is -2.30. The monoisotopic (exact) mass is 551 g/mol. The molecule has 0 unspecified atom stereocenters. The van der Waals surface area contributed by atoms with Crippen molar-refractivity contribution >= 4 is 57.8 Å². The van der Waals surface area contributed by atoms with Crippen molar-refractivity contribution in [2.24, 2.45) is 0 Å². The zero-order valence-corrected chi connectivity index (χ0v) is 22.3. The van der Waals surface area contributed by atoms with Gasteiger partial charge in [-0.25, -0.2) is 0 Å². The summed E-state index contributed by atoms with van der Waals surface area (Å²) in [4.78, 5) is 18.5. The van der Waals surface area contributed by atoms with Crippen molar-refractivity contribution in [3.8, 4) is 11.4 Å². The molecular weight excluding hydrogens is 529 g/mol. The molecule has 4 aromatic rings. The first-order valence-corrected chi connectivity index (χ1v) is 12.6. The van der Waals surface area contributed by atoms with E-state index in [1.165, 1.54) is 6.92 Å². The van der Waals surface area contributed by atoms with Gasteiger partial charge in [-0.2, -0.15) is 0 Å². The Bertz CT molecular complexity index is 1480. The average molecular weight is 552 g/mol. The van der Waals surface area contributed by atoms with Gasteiger partial charge >= 0.3 is 0 Å². The SMILES string of the molecule is COc1ccc(N2C(=S)N[C@@H](c3ccccn3)[C@H]2c2cccn2-c2ccc(Cl)cc2Cl)cc1NC(C)=O. The second-order valence-electron chi connectivity index (χ2n) is 8.46. The molecule has 1 fully saturated rings. The van der Waals surface area contributed by atoms with Gasteiger partial charge in [0.15, 0.2) is 5.11 Å². The number of nitrogens with zero attached hydrogens (tertiary/aromatic N) is 3. The summed E-state index contributed by atoms with van der Waals surface area (Å²) in [7, 11) is 1.56. The maximum absolute atomic E-state index is 11.9.